The Hall–Kier alpha value is -4.50. The van der Waals surface area contributed by atoms with Gasteiger partial charge in [-0.15, -0.1) is 0 Å². The molecule has 0 atom stereocenters. The van der Waals surface area contributed by atoms with E-state index < -0.39 is 10.9 Å². The lowest BCUT2D eigenvalue weighted by atomic mass is 9.99. The second kappa shape index (κ2) is 9.97. The zero-order valence-electron chi connectivity index (χ0n) is 18.1. The maximum Gasteiger partial charge on any atom is 0.317 e. The Morgan fingerprint density at radius 3 is 2.44 bits per heavy atom. The number of nitro groups is 1. The van der Waals surface area contributed by atoms with Crippen molar-refractivity contribution in [3.63, 3.8) is 0 Å². The third-order valence-electron chi connectivity index (χ3n) is 5.36. The van der Waals surface area contributed by atoms with Gasteiger partial charge in [-0.3, -0.25) is 19.7 Å². The Labute approximate surface area is 195 Å². The second-order valence-corrected chi connectivity index (χ2v) is 7.70. The van der Waals surface area contributed by atoms with Crippen molar-refractivity contribution in [3.8, 4) is 0 Å². The van der Waals surface area contributed by atoms with Crippen LogP contribution < -0.4 is 16.0 Å². The van der Waals surface area contributed by atoms with E-state index in [0.717, 1.165) is 16.8 Å². The summed E-state index contributed by atoms with van der Waals surface area (Å²) in [6, 6.07) is 21.2. The van der Waals surface area contributed by atoms with E-state index in [2.05, 4.69) is 16.0 Å². The number of anilines is 2. The topological polar surface area (TPSA) is 134 Å². The van der Waals surface area contributed by atoms with Gasteiger partial charge in [0.2, 0.25) is 0 Å². The van der Waals surface area contributed by atoms with Crippen LogP contribution in [0.4, 0.5) is 17.1 Å². The van der Waals surface area contributed by atoms with Crippen LogP contribution in [-0.4, -0.2) is 35.0 Å². The molecule has 4 rings (SSSR count). The largest absolute Gasteiger partial charge is 0.480 e. The van der Waals surface area contributed by atoms with Crippen LogP contribution in [0, 0.1) is 10.1 Å². The summed E-state index contributed by atoms with van der Waals surface area (Å²) < 4.78 is 0. The molecular weight excluding hydrogens is 436 g/mol. The molecule has 1 aliphatic rings. The van der Waals surface area contributed by atoms with Crippen LogP contribution >= 0.6 is 0 Å². The molecule has 0 fully saturated rings. The maximum absolute atomic E-state index is 12.9. The maximum atomic E-state index is 12.9. The fourth-order valence-corrected chi connectivity index (χ4v) is 3.73. The average molecular weight is 458 g/mol. The van der Waals surface area contributed by atoms with Gasteiger partial charge in [0.1, 0.15) is 0 Å². The minimum atomic E-state index is -0.899. The Morgan fingerprint density at radius 2 is 1.76 bits per heavy atom. The summed E-state index contributed by atoms with van der Waals surface area (Å²) in [5, 5.41) is 29.0. The van der Waals surface area contributed by atoms with E-state index in [1.54, 1.807) is 0 Å². The highest BCUT2D eigenvalue weighted by molar-refractivity contribution is 6.37. The van der Waals surface area contributed by atoms with E-state index >= 15 is 0 Å². The van der Waals surface area contributed by atoms with Gasteiger partial charge >= 0.3 is 5.97 Å². The number of nitrogens with one attached hydrogen (secondary N) is 3. The highest BCUT2D eigenvalue weighted by Crippen LogP contribution is 2.39. The van der Waals surface area contributed by atoms with Crippen molar-refractivity contribution in [1.29, 1.82) is 0 Å². The SMILES string of the molecule is O=C(O)CNCCc1ccc(NC(=C2C(=O)Nc3ccc([N+](=O)[O-])cc32)c2ccccc2)cc1. The van der Waals surface area contributed by atoms with E-state index in [9.17, 15) is 19.7 Å². The molecule has 0 unspecified atom stereocenters. The number of carbonyl (C=O) groups is 2. The first-order chi connectivity index (χ1) is 16.4. The zero-order chi connectivity index (χ0) is 24.1. The molecule has 172 valence electrons. The third-order valence-corrected chi connectivity index (χ3v) is 5.36. The standard InChI is InChI=1S/C25H22N4O5/c30-22(31)15-26-13-12-16-6-8-18(9-7-16)27-24(17-4-2-1-3-5-17)23-20-14-19(29(33)34)10-11-21(20)28-25(23)32/h1-11,14,26-27H,12-13,15H2,(H,28,32)(H,30,31). The molecule has 1 amide bonds. The summed E-state index contributed by atoms with van der Waals surface area (Å²) in [7, 11) is 0. The summed E-state index contributed by atoms with van der Waals surface area (Å²) in [6.07, 6.45) is 0.666. The number of carboxylic acids is 1. The summed E-state index contributed by atoms with van der Waals surface area (Å²) in [5.41, 5.74) is 4.27. The molecule has 1 aliphatic heterocycles. The molecule has 0 saturated carbocycles. The molecule has 9 nitrogen and oxygen atoms in total. The number of carboxylic acid groups (broad SMARTS) is 1. The van der Waals surface area contributed by atoms with Crippen molar-refractivity contribution < 1.29 is 19.6 Å². The predicted molar refractivity (Wildman–Crippen MR) is 129 cm³/mol. The van der Waals surface area contributed by atoms with Crippen molar-refractivity contribution in [3.05, 3.63) is 99.6 Å². The van der Waals surface area contributed by atoms with Gasteiger partial charge in [0, 0.05) is 29.1 Å². The smallest absolute Gasteiger partial charge is 0.317 e. The molecule has 1 heterocycles. The molecule has 0 spiro atoms. The fourth-order valence-electron chi connectivity index (χ4n) is 3.73. The van der Waals surface area contributed by atoms with Crippen molar-refractivity contribution in [1.82, 2.24) is 5.32 Å². The van der Waals surface area contributed by atoms with E-state index in [1.165, 1.54) is 18.2 Å². The van der Waals surface area contributed by atoms with E-state index in [0.29, 0.717) is 35.5 Å². The van der Waals surface area contributed by atoms with Gasteiger partial charge in [0.25, 0.3) is 11.6 Å². The quantitative estimate of drug-likeness (QED) is 0.166. The number of aliphatic carboxylic acids is 1. The molecule has 0 bridgehead atoms. The predicted octanol–water partition coefficient (Wildman–Crippen LogP) is 3.74. The van der Waals surface area contributed by atoms with Gasteiger partial charge in [-0.25, -0.2) is 0 Å². The molecule has 0 saturated heterocycles. The highest BCUT2D eigenvalue weighted by Gasteiger charge is 2.30. The Kier molecular flexibility index (Phi) is 6.65. The number of amides is 1. The molecule has 0 aromatic heterocycles. The van der Waals surface area contributed by atoms with Crippen molar-refractivity contribution >= 4 is 40.2 Å². The van der Waals surface area contributed by atoms with Gasteiger partial charge in [-0.05, 0) is 42.3 Å². The van der Waals surface area contributed by atoms with Crippen LogP contribution in [0.25, 0.3) is 11.3 Å². The lowest BCUT2D eigenvalue weighted by molar-refractivity contribution is -0.384. The second-order valence-electron chi connectivity index (χ2n) is 7.70. The highest BCUT2D eigenvalue weighted by atomic mass is 16.6. The molecule has 34 heavy (non-hydrogen) atoms. The fraction of sp³-hybridized carbons (Fsp3) is 0.120. The van der Waals surface area contributed by atoms with Crippen LogP contribution in [-0.2, 0) is 16.0 Å². The molecule has 0 radical (unpaired) electrons. The van der Waals surface area contributed by atoms with Crippen molar-refractivity contribution in [2.75, 3.05) is 23.7 Å². The Bertz CT molecular complexity index is 1270. The number of carbonyl (C=O) groups excluding carboxylic acids is 1. The number of nitrogens with zero attached hydrogens (tertiary/aromatic N) is 1. The Morgan fingerprint density at radius 1 is 1.03 bits per heavy atom. The van der Waals surface area contributed by atoms with Crippen LogP contribution in [0.1, 0.15) is 16.7 Å². The van der Waals surface area contributed by atoms with Crippen LogP contribution in [0.15, 0.2) is 72.8 Å². The Balaban J connectivity index is 1.66. The number of fused-ring (bicyclic) bond motifs is 1. The molecule has 3 aromatic carbocycles. The first-order valence-corrected chi connectivity index (χ1v) is 10.6. The number of nitro benzene ring substituents is 1. The number of non-ortho nitro benzene ring substituents is 1. The summed E-state index contributed by atoms with van der Waals surface area (Å²) >= 11 is 0. The van der Waals surface area contributed by atoms with Gasteiger partial charge in [0.05, 0.1) is 22.7 Å². The van der Waals surface area contributed by atoms with Crippen LogP contribution in [0.5, 0.6) is 0 Å². The minimum Gasteiger partial charge on any atom is -0.480 e. The monoisotopic (exact) mass is 458 g/mol. The number of benzene rings is 3. The normalized spacial score (nSPS) is 13.7. The molecule has 3 aromatic rings. The van der Waals surface area contributed by atoms with Crippen LogP contribution in [0.3, 0.4) is 0 Å². The summed E-state index contributed by atoms with van der Waals surface area (Å²) in [6.45, 7) is 0.448. The van der Waals surface area contributed by atoms with E-state index in [1.807, 2.05) is 54.6 Å². The average Bonchev–Trinajstić information content (AvgIpc) is 3.16. The molecule has 4 N–H and O–H groups in total. The van der Waals surface area contributed by atoms with Gasteiger partial charge < -0.3 is 21.1 Å². The first-order valence-electron chi connectivity index (χ1n) is 10.6. The van der Waals surface area contributed by atoms with Gasteiger partial charge in [-0.1, -0.05) is 42.5 Å². The minimum absolute atomic E-state index is 0.0880. The molecule has 0 aliphatic carbocycles. The number of hydrogen-bond acceptors (Lipinski definition) is 6. The lowest BCUT2D eigenvalue weighted by Crippen LogP contribution is -2.24. The van der Waals surface area contributed by atoms with E-state index in [-0.39, 0.29) is 18.1 Å². The van der Waals surface area contributed by atoms with Crippen molar-refractivity contribution in [2.45, 2.75) is 6.42 Å². The first kappa shape index (κ1) is 22.7. The summed E-state index contributed by atoms with van der Waals surface area (Å²) in [5.74, 6) is -1.24. The zero-order valence-corrected chi connectivity index (χ0v) is 18.1. The number of hydrogen-bond donors (Lipinski definition) is 4. The van der Waals surface area contributed by atoms with Gasteiger partial charge in [0.15, 0.2) is 0 Å². The number of rotatable bonds is 9. The van der Waals surface area contributed by atoms with Crippen LogP contribution in [0.2, 0.25) is 0 Å². The van der Waals surface area contributed by atoms with Crippen molar-refractivity contribution in [2.24, 2.45) is 0 Å². The van der Waals surface area contributed by atoms with Gasteiger partial charge in [-0.2, -0.15) is 0 Å². The van der Waals surface area contributed by atoms with E-state index in [4.69, 9.17) is 5.11 Å². The molecular formula is C25H22N4O5. The summed E-state index contributed by atoms with van der Waals surface area (Å²) in [4.78, 5) is 34.4. The third kappa shape index (κ3) is 5.11. The lowest BCUT2D eigenvalue weighted by Gasteiger charge is -2.15. The molecule has 9 heteroatoms.